The Morgan fingerprint density at radius 2 is 1.93 bits per heavy atom. The van der Waals surface area contributed by atoms with Gasteiger partial charge in [-0.25, -0.2) is 9.79 Å². The molecule has 0 unspecified atom stereocenters. The van der Waals surface area contributed by atoms with Crippen LogP contribution in [0.2, 0.25) is 0 Å². The Morgan fingerprint density at radius 1 is 1.19 bits per heavy atom. The predicted octanol–water partition coefficient (Wildman–Crippen LogP) is 4.48. The number of allylic oxidation sites excluding steroid dienone is 1. The Bertz CT molecular complexity index is 1730. The minimum absolute atomic E-state index is 0.0483. The highest BCUT2D eigenvalue weighted by Crippen LogP contribution is 2.36. The molecule has 1 saturated heterocycles. The van der Waals surface area contributed by atoms with Gasteiger partial charge in [0.2, 0.25) is 0 Å². The Hall–Kier alpha value is -4.25. The topological polar surface area (TPSA) is 116 Å². The van der Waals surface area contributed by atoms with Gasteiger partial charge in [0.05, 0.1) is 33.4 Å². The molecule has 0 aliphatic carbocycles. The second-order valence-electron chi connectivity index (χ2n) is 10.6. The summed E-state index contributed by atoms with van der Waals surface area (Å²) in [5, 5.41) is 11.7. The third-order valence-corrected chi connectivity index (χ3v) is 8.28. The van der Waals surface area contributed by atoms with Crippen LogP contribution in [0, 0.1) is 10.1 Å². The number of fused-ring (bicyclic) bond motifs is 1. The maximum atomic E-state index is 14.2. The van der Waals surface area contributed by atoms with Crippen molar-refractivity contribution in [2.24, 2.45) is 4.99 Å². The number of benzene rings is 2. The molecule has 5 rings (SSSR count). The molecule has 2 aromatic carbocycles. The number of nitrogens with zero attached hydrogens (tertiary/aromatic N) is 4. The van der Waals surface area contributed by atoms with Crippen LogP contribution in [-0.2, 0) is 9.53 Å². The van der Waals surface area contributed by atoms with E-state index in [1.54, 1.807) is 26.0 Å². The summed E-state index contributed by atoms with van der Waals surface area (Å²) in [6.45, 7) is 9.14. The number of ether oxygens (including phenoxy) is 2. The van der Waals surface area contributed by atoms with E-state index in [1.807, 2.05) is 38.1 Å². The normalized spacial score (nSPS) is 17.2. The molecule has 0 bridgehead atoms. The quantitative estimate of drug-likeness (QED) is 0.216. The van der Waals surface area contributed by atoms with Crippen molar-refractivity contribution >= 4 is 34.8 Å². The average molecular weight is 591 g/mol. The highest BCUT2D eigenvalue weighted by molar-refractivity contribution is 7.07. The molecule has 0 amide bonds. The number of carbonyl (C=O) groups is 1. The lowest BCUT2D eigenvalue weighted by Gasteiger charge is -2.30. The molecule has 10 nitrogen and oxygen atoms in total. The monoisotopic (exact) mass is 590 g/mol. The van der Waals surface area contributed by atoms with Crippen molar-refractivity contribution in [2.75, 3.05) is 24.6 Å². The van der Waals surface area contributed by atoms with Crippen LogP contribution in [0.15, 0.2) is 63.5 Å². The zero-order chi connectivity index (χ0) is 30.0. The lowest BCUT2D eigenvalue weighted by Crippen LogP contribution is -2.40. The minimum atomic E-state index is -0.830. The van der Waals surface area contributed by atoms with Crippen molar-refractivity contribution in [3.05, 3.63) is 94.7 Å². The summed E-state index contributed by atoms with van der Waals surface area (Å²) in [5.41, 5.74) is 2.40. The standard InChI is InChI=1S/C31H34N4O6S/c1-5-40-30(37)27-20(4)32-31-34(28(27)23-11-7-8-12-25(23)41-19(2)3)29(36)26(42-31)18-21-17-22(35(38)39)13-14-24(21)33-15-9-6-10-16-33/h7-8,11-14,17-19,28H,5-6,9-10,15-16H2,1-4H3/b26-18+/t28-/m1/s1. The van der Waals surface area contributed by atoms with E-state index in [0.29, 0.717) is 31.9 Å². The molecular weight excluding hydrogens is 556 g/mol. The maximum Gasteiger partial charge on any atom is 0.338 e. The first-order valence-corrected chi connectivity index (χ1v) is 15.0. The van der Waals surface area contributed by atoms with Crippen LogP contribution < -0.4 is 24.5 Å². The van der Waals surface area contributed by atoms with Gasteiger partial charge >= 0.3 is 5.97 Å². The van der Waals surface area contributed by atoms with Crippen molar-refractivity contribution in [3.8, 4) is 5.75 Å². The van der Waals surface area contributed by atoms with Crippen LogP contribution in [0.25, 0.3) is 6.08 Å². The van der Waals surface area contributed by atoms with Crippen molar-refractivity contribution in [1.82, 2.24) is 4.57 Å². The van der Waals surface area contributed by atoms with E-state index in [2.05, 4.69) is 9.89 Å². The van der Waals surface area contributed by atoms with E-state index in [-0.39, 0.29) is 29.5 Å². The summed E-state index contributed by atoms with van der Waals surface area (Å²) in [5.74, 6) is -0.00176. The number of non-ortho nitro benzene ring substituents is 1. The van der Waals surface area contributed by atoms with Crippen LogP contribution in [-0.4, -0.2) is 41.3 Å². The van der Waals surface area contributed by atoms with Gasteiger partial charge in [0.1, 0.15) is 11.8 Å². The summed E-state index contributed by atoms with van der Waals surface area (Å²) >= 11 is 1.19. The Kier molecular flexibility index (Phi) is 8.58. The number of hydrogen-bond donors (Lipinski definition) is 0. The number of thiazole rings is 1. The van der Waals surface area contributed by atoms with Gasteiger partial charge in [0.15, 0.2) is 4.80 Å². The Labute approximate surface area is 247 Å². The first-order chi connectivity index (χ1) is 20.2. The highest BCUT2D eigenvalue weighted by Gasteiger charge is 2.35. The fraction of sp³-hybridized carbons (Fsp3) is 0.387. The SMILES string of the molecule is CCOC(=O)C1=C(C)N=c2s/c(=C/c3cc([N+](=O)[O-])ccc3N3CCCCC3)c(=O)n2[C@@H]1c1ccccc1OC(C)C. The number of aromatic nitrogens is 1. The molecule has 3 aromatic rings. The van der Waals surface area contributed by atoms with E-state index < -0.39 is 16.9 Å². The molecule has 2 aliphatic rings. The molecule has 11 heteroatoms. The predicted molar refractivity (Wildman–Crippen MR) is 162 cm³/mol. The van der Waals surface area contributed by atoms with E-state index >= 15 is 0 Å². The van der Waals surface area contributed by atoms with Crippen LogP contribution in [0.5, 0.6) is 5.75 Å². The molecule has 0 saturated carbocycles. The lowest BCUT2D eigenvalue weighted by molar-refractivity contribution is -0.384. The van der Waals surface area contributed by atoms with Gasteiger partial charge in [-0.3, -0.25) is 19.5 Å². The number of nitro benzene ring substituents is 1. The second kappa shape index (κ2) is 12.3. The molecule has 0 N–H and O–H groups in total. The molecule has 1 aromatic heterocycles. The van der Waals surface area contributed by atoms with Gasteiger partial charge in [-0.1, -0.05) is 29.5 Å². The van der Waals surface area contributed by atoms with Crippen molar-refractivity contribution in [1.29, 1.82) is 0 Å². The Balaban J connectivity index is 1.74. The molecule has 0 radical (unpaired) electrons. The Morgan fingerprint density at radius 3 is 2.62 bits per heavy atom. The maximum absolute atomic E-state index is 14.2. The van der Waals surface area contributed by atoms with Crippen LogP contribution in [0.3, 0.4) is 0 Å². The highest BCUT2D eigenvalue weighted by atomic mass is 32.1. The summed E-state index contributed by atoms with van der Waals surface area (Å²) in [4.78, 5) is 46.0. The number of para-hydroxylation sites is 1. The van der Waals surface area contributed by atoms with Crippen molar-refractivity contribution in [3.63, 3.8) is 0 Å². The van der Waals surface area contributed by atoms with Crippen molar-refractivity contribution < 1.29 is 19.2 Å². The molecular formula is C31H34N4O6S. The summed E-state index contributed by atoms with van der Waals surface area (Å²) < 4.78 is 13.4. The fourth-order valence-corrected chi connectivity index (χ4v) is 6.53. The second-order valence-corrected chi connectivity index (χ2v) is 11.6. The number of anilines is 1. The molecule has 3 heterocycles. The number of carbonyl (C=O) groups excluding carboxylic acids is 1. The molecule has 1 atom stereocenters. The van der Waals surface area contributed by atoms with Gasteiger partial charge in [-0.2, -0.15) is 0 Å². The van der Waals surface area contributed by atoms with Gasteiger partial charge in [-0.05, 0) is 65.2 Å². The van der Waals surface area contributed by atoms with Crippen LogP contribution >= 0.6 is 11.3 Å². The van der Waals surface area contributed by atoms with E-state index in [0.717, 1.165) is 38.0 Å². The lowest BCUT2D eigenvalue weighted by atomic mass is 9.95. The number of esters is 1. The number of rotatable bonds is 8. The summed E-state index contributed by atoms with van der Waals surface area (Å²) in [6, 6.07) is 11.3. The van der Waals surface area contributed by atoms with Gasteiger partial charge in [0, 0.05) is 42.0 Å². The van der Waals surface area contributed by atoms with E-state index in [4.69, 9.17) is 9.47 Å². The van der Waals surface area contributed by atoms with Gasteiger partial charge in [0.25, 0.3) is 11.2 Å². The number of nitro groups is 1. The largest absolute Gasteiger partial charge is 0.491 e. The van der Waals surface area contributed by atoms with Gasteiger partial charge in [-0.15, -0.1) is 0 Å². The first-order valence-electron chi connectivity index (χ1n) is 14.2. The third-order valence-electron chi connectivity index (χ3n) is 7.30. The summed E-state index contributed by atoms with van der Waals surface area (Å²) in [6.07, 6.45) is 4.78. The van der Waals surface area contributed by atoms with Crippen LogP contribution in [0.4, 0.5) is 11.4 Å². The number of hydrogen-bond acceptors (Lipinski definition) is 9. The average Bonchev–Trinajstić information content (AvgIpc) is 3.26. The molecule has 42 heavy (non-hydrogen) atoms. The van der Waals surface area contributed by atoms with Crippen LogP contribution in [0.1, 0.15) is 64.1 Å². The molecule has 1 fully saturated rings. The molecule has 220 valence electrons. The van der Waals surface area contributed by atoms with Crippen molar-refractivity contribution in [2.45, 2.75) is 59.1 Å². The third kappa shape index (κ3) is 5.74. The molecule has 2 aliphatic heterocycles. The van der Waals surface area contributed by atoms with E-state index in [1.165, 1.54) is 28.0 Å². The van der Waals surface area contributed by atoms with E-state index in [9.17, 15) is 19.7 Å². The fourth-order valence-electron chi connectivity index (χ4n) is 5.49. The van der Waals surface area contributed by atoms with Gasteiger partial charge < -0.3 is 14.4 Å². The smallest absolute Gasteiger partial charge is 0.338 e. The first kappa shape index (κ1) is 29.2. The molecule has 0 spiro atoms. The number of piperidine rings is 1. The zero-order valence-corrected chi connectivity index (χ0v) is 25.0. The zero-order valence-electron chi connectivity index (χ0n) is 24.2. The minimum Gasteiger partial charge on any atom is -0.491 e. The summed E-state index contributed by atoms with van der Waals surface area (Å²) in [7, 11) is 0.